The highest BCUT2D eigenvalue weighted by atomic mass is 35.5. The molecule has 9 heteroatoms. The fourth-order valence-corrected chi connectivity index (χ4v) is 3.71. The minimum Gasteiger partial charge on any atom is -0.386 e. The topological polar surface area (TPSA) is 59.9 Å². The second-order valence-electron chi connectivity index (χ2n) is 7.31. The Hall–Kier alpha value is -1.51. The minimum absolute atomic E-state index is 0.175. The summed E-state index contributed by atoms with van der Waals surface area (Å²) in [4.78, 5) is 5.90. The number of aliphatic hydroxyl groups is 1. The maximum absolute atomic E-state index is 12.5. The summed E-state index contributed by atoms with van der Waals surface area (Å²) in [7, 11) is 0. The molecule has 0 aromatic heterocycles. The molecule has 5 nitrogen and oxygen atoms in total. The van der Waals surface area contributed by atoms with E-state index < -0.39 is 18.8 Å². The van der Waals surface area contributed by atoms with Crippen molar-refractivity contribution in [3.05, 3.63) is 34.9 Å². The van der Waals surface area contributed by atoms with Gasteiger partial charge in [-0.15, -0.1) is 0 Å². The summed E-state index contributed by atoms with van der Waals surface area (Å²) in [5.41, 5.74) is 0.638. The predicted molar refractivity (Wildman–Crippen MR) is 110 cm³/mol. The Balaban J connectivity index is 1.75. The first-order valence-electron chi connectivity index (χ1n) is 10.0. The van der Waals surface area contributed by atoms with E-state index in [1.807, 2.05) is 13.0 Å². The number of piperidine rings is 1. The fourth-order valence-electron chi connectivity index (χ4n) is 3.44. The largest absolute Gasteiger partial charge is 0.401 e. The van der Waals surface area contributed by atoms with Crippen LogP contribution in [0.1, 0.15) is 37.9 Å². The van der Waals surface area contributed by atoms with Crippen molar-refractivity contribution in [2.24, 2.45) is 10.9 Å². The maximum Gasteiger partial charge on any atom is 0.401 e. The zero-order valence-electron chi connectivity index (χ0n) is 16.7. The van der Waals surface area contributed by atoms with Gasteiger partial charge in [-0.1, -0.05) is 29.8 Å². The number of nitrogens with zero attached hydrogens (tertiary/aromatic N) is 2. The van der Waals surface area contributed by atoms with E-state index in [9.17, 15) is 18.3 Å². The van der Waals surface area contributed by atoms with Gasteiger partial charge in [0.25, 0.3) is 0 Å². The van der Waals surface area contributed by atoms with Crippen LogP contribution in [0.4, 0.5) is 13.2 Å². The Morgan fingerprint density at radius 1 is 1.28 bits per heavy atom. The molecule has 1 atom stereocenters. The van der Waals surface area contributed by atoms with E-state index >= 15 is 0 Å². The number of likely N-dealkylation sites (tertiary alicyclic amines) is 1. The minimum atomic E-state index is -4.12. The average Bonchev–Trinajstić information content (AvgIpc) is 2.66. The van der Waals surface area contributed by atoms with Crippen molar-refractivity contribution in [2.45, 2.75) is 38.5 Å². The summed E-state index contributed by atoms with van der Waals surface area (Å²) in [6, 6.07) is 7.12. The molecule has 1 aliphatic heterocycles. The summed E-state index contributed by atoms with van der Waals surface area (Å²) in [6.07, 6.45) is -2.50. The molecule has 29 heavy (non-hydrogen) atoms. The normalized spacial score (nSPS) is 17.9. The number of hydrogen-bond donors (Lipinski definition) is 3. The summed E-state index contributed by atoms with van der Waals surface area (Å²) >= 11 is 6.11. The summed E-state index contributed by atoms with van der Waals surface area (Å²) in [6.45, 7) is 3.66. The zero-order chi connectivity index (χ0) is 21.3. The lowest BCUT2D eigenvalue weighted by Gasteiger charge is -2.32. The third-order valence-corrected chi connectivity index (χ3v) is 5.33. The molecule has 0 bridgehead atoms. The van der Waals surface area contributed by atoms with Gasteiger partial charge in [0.1, 0.15) is 6.10 Å². The van der Waals surface area contributed by atoms with Crippen LogP contribution in [0, 0.1) is 5.92 Å². The first-order valence-corrected chi connectivity index (χ1v) is 10.4. The Labute approximate surface area is 175 Å². The number of benzene rings is 1. The van der Waals surface area contributed by atoms with E-state index in [1.54, 1.807) is 18.2 Å². The van der Waals surface area contributed by atoms with Crippen molar-refractivity contribution < 1.29 is 18.3 Å². The van der Waals surface area contributed by atoms with Crippen LogP contribution in [0.15, 0.2) is 29.3 Å². The van der Waals surface area contributed by atoms with Crippen LogP contribution < -0.4 is 10.6 Å². The smallest absolute Gasteiger partial charge is 0.386 e. The van der Waals surface area contributed by atoms with Crippen LogP contribution in [-0.2, 0) is 0 Å². The van der Waals surface area contributed by atoms with Gasteiger partial charge in [-0.05, 0) is 51.3 Å². The standard InChI is InChI=1S/C20H30ClF3N4O/c1-2-25-19(27-13-18(29)16-5-3-4-6-17(16)21)26-10-7-15-8-11-28(12-9-15)14-20(22,23)24/h3-6,15,18,29H,2,7-14H2,1H3,(H2,25,26,27). The summed E-state index contributed by atoms with van der Waals surface area (Å²) in [5.74, 6) is 1.01. The molecule has 0 amide bonds. The van der Waals surface area contributed by atoms with E-state index in [-0.39, 0.29) is 6.54 Å². The average molecular weight is 435 g/mol. The van der Waals surface area contributed by atoms with Crippen LogP contribution in [-0.4, -0.2) is 61.4 Å². The van der Waals surface area contributed by atoms with Gasteiger partial charge < -0.3 is 15.7 Å². The molecule has 2 rings (SSSR count). The van der Waals surface area contributed by atoms with Crippen LogP contribution >= 0.6 is 11.6 Å². The maximum atomic E-state index is 12.5. The zero-order valence-corrected chi connectivity index (χ0v) is 17.4. The molecular formula is C20H30ClF3N4O. The first kappa shape index (κ1) is 23.8. The molecule has 0 radical (unpaired) electrons. The van der Waals surface area contributed by atoms with Gasteiger partial charge in [0.15, 0.2) is 5.96 Å². The molecule has 1 heterocycles. The van der Waals surface area contributed by atoms with Gasteiger partial charge in [-0.2, -0.15) is 13.2 Å². The van der Waals surface area contributed by atoms with Crippen molar-refractivity contribution in [3.8, 4) is 0 Å². The third kappa shape index (κ3) is 8.80. The summed E-state index contributed by atoms with van der Waals surface area (Å²) in [5, 5.41) is 17.2. The van der Waals surface area contributed by atoms with Gasteiger partial charge in [0.05, 0.1) is 13.1 Å². The van der Waals surface area contributed by atoms with Crippen molar-refractivity contribution in [2.75, 3.05) is 39.3 Å². The highest BCUT2D eigenvalue weighted by Crippen LogP contribution is 2.24. The number of nitrogens with one attached hydrogen (secondary N) is 2. The molecule has 3 N–H and O–H groups in total. The van der Waals surface area contributed by atoms with E-state index in [4.69, 9.17) is 11.6 Å². The molecule has 1 fully saturated rings. The molecule has 164 valence electrons. The number of aliphatic imine (C=N–C) groups is 1. The van der Waals surface area contributed by atoms with E-state index in [2.05, 4.69) is 15.6 Å². The lowest BCUT2D eigenvalue weighted by Crippen LogP contribution is -2.41. The SMILES string of the molecule is CCNC(=NCC(O)c1ccccc1Cl)NCCC1CCN(CC(F)(F)F)CC1. The second kappa shape index (κ2) is 11.6. The van der Waals surface area contributed by atoms with Crippen LogP contribution in [0.2, 0.25) is 5.02 Å². The van der Waals surface area contributed by atoms with Gasteiger partial charge in [-0.25, -0.2) is 0 Å². The Morgan fingerprint density at radius 3 is 2.59 bits per heavy atom. The van der Waals surface area contributed by atoms with E-state index in [0.29, 0.717) is 48.6 Å². The number of halogens is 4. The molecule has 1 saturated heterocycles. The monoisotopic (exact) mass is 434 g/mol. The van der Waals surface area contributed by atoms with E-state index in [1.165, 1.54) is 4.90 Å². The molecular weight excluding hydrogens is 405 g/mol. The lowest BCUT2D eigenvalue weighted by molar-refractivity contribution is -0.148. The van der Waals surface area contributed by atoms with Gasteiger partial charge >= 0.3 is 6.18 Å². The van der Waals surface area contributed by atoms with Crippen LogP contribution in [0.5, 0.6) is 0 Å². The predicted octanol–water partition coefficient (Wildman–Crippen LogP) is 3.59. The number of hydrogen-bond acceptors (Lipinski definition) is 3. The quantitative estimate of drug-likeness (QED) is 0.432. The van der Waals surface area contributed by atoms with Gasteiger partial charge in [-0.3, -0.25) is 9.89 Å². The van der Waals surface area contributed by atoms with E-state index in [0.717, 1.165) is 19.3 Å². The molecule has 0 aliphatic carbocycles. The highest BCUT2D eigenvalue weighted by molar-refractivity contribution is 6.31. The second-order valence-corrected chi connectivity index (χ2v) is 7.71. The summed E-state index contributed by atoms with van der Waals surface area (Å²) < 4.78 is 37.4. The lowest BCUT2D eigenvalue weighted by atomic mass is 9.93. The number of aliphatic hydroxyl groups excluding tert-OH is 1. The fraction of sp³-hybridized carbons (Fsp3) is 0.650. The number of alkyl halides is 3. The van der Waals surface area contributed by atoms with Crippen molar-refractivity contribution in [3.63, 3.8) is 0 Å². The van der Waals surface area contributed by atoms with Crippen molar-refractivity contribution in [1.82, 2.24) is 15.5 Å². The highest BCUT2D eigenvalue weighted by Gasteiger charge is 2.32. The van der Waals surface area contributed by atoms with Gasteiger partial charge in [0.2, 0.25) is 0 Å². The Bertz CT molecular complexity index is 649. The Kier molecular flexibility index (Phi) is 9.52. The third-order valence-electron chi connectivity index (χ3n) is 4.99. The Morgan fingerprint density at radius 2 is 1.97 bits per heavy atom. The molecule has 0 spiro atoms. The van der Waals surface area contributed by atoms with Crippen LogP contribution in [0.25, 0.3) is 0 Å². The molecule has 1 unspecified atom stereocenters. The molecule has 1 aromatic carbocycles. The molecule has 1 aliphatic rings. The van der Waals surface area contributed by atoms with Crippen LogP contribution in [0.3, 0.4) is 0 Å². The van der Waals surface area contributed by atoms with Crippen molar-refractivity contribution in [1.29, 1.82) is 0 Å². The molecule has 0 saturated carbocycles. The molecule has 1 aromatic rings. The van der Waals surface area contributed by atoms with Crippen molar-refractivity contribution >= 4 is 17.6 Å². The number of guanidine groups is 1. The number of rotatable bonds is 8. The van der Waals surface area contributed by atoms with Gasteiger partial charge in [0, 0.05) is 23.7 Å². The first-order chi connectivity index (χ1) is 13.8.